The Morgan fingerprint density at radius 3 is 2.71 bits per heavy atom. The number of amides is 1. The number of hydrogen-bond acceptors (Lipinski definition) is 2. The highest BCUT2D eigenvalue weighted by Gasteiger charge is 2.64. The van der Waals surface area contributed by atoms with Crippen LogP contribution >= 0.6 is 15.9 Å². The average Bonchev–Trinajstić information content (AvgIpc) is 2.94. The molecule has 0 saturated heterocycles. The molecule has 0 spiro atoms. The van der Waals surface area contributed by atoms with Gasteiger partial charge < -0.3 is 10.0 Å². The molecule has 0 aromatic heterocycles. The fraction of sp³-hybridized carbons (Fsp3) is 0.792. The van der Waals surface area contributed by atoms with E-state index in [1.165, 1.54) is 6.42 Å². The minimum absolute atomic E-state index is 0.0646. The minimum Gasteiger partial charge on any atom is -0.377 e. The fourth-order valence-electron chi connectivity index (χ4n) is 7.32. The third-order valence-corrected chi connectivity index (χ3v) is 9.57. The highest BCUT2D eigenvalue weighted by Crippen LogP contribution is 2.66. The zero-order valence-corrected chi connectivity index (χ0v) is 19.1. The van der Waals surface area contributed by atoms with E-state index < -0.39 is 5.60 Å². The van der Waals surface area contributed by atoms with Gasteiger partial charge in [-0.2, -0.15) is 0 Å². The Labute approximate surface area is 178 Å². The number of fused-ring (bicyclic) bond motifs is 5. The summed E-state index contributed by atoms with van der Waals surface area (Å²) in [6.45, 7) is 4.68. The van der Waals surface area contributed by atoms with Crippen molar-refractivity contribution in [3.05, 3.63) is 12.2 Å². The highest BCUT2D eigenvalue weighted by molar-refractivity contribution is 9.09. The second kappa shape index (κ2) is 7.17. The lowest BCUT2D eigenvalue weighted by Crippen LogP contribution is -2.60. The summed E-state index contributed by atoms with van der Waals surface area (Å²) in [5.41, 5.74) is -0.865. The number of carbonyl (C=O) groups excluding carboxylic acids is 1. The van der Waals surface area contributed by atoms with Gasteiger partial charge in [0.25, 0.3) is 0 Å². The Kier molecular flexibility index (Phi) is 5.24. The van der Waals surface area contributed by atoms with E-state index >= 15 is 0 Å². The first kappa shape index (κ1) is 20.5. The van der Waals surface area contributed by atoms with E-state index in [9.17, 15) is 9.90 Å². The van der Waals surface area contributed by atoms with Crippen LogP contribution in [-0.4, -0.2) is 39.9 Å². The first-order chi connectivity index (χ1) is 13.3. The SMILES string of the molecule is CN1C(=O)C=C[C@]2(C)C3CC[C@@]4(C)C(CC[C@@]4(O)C#CCCCBr)C3CCC12. The lowest BCUT2D eigenvalue weighted by atomic mass is 9.47. The maximum absolute atomic E-state index is 12.2. The molecule has 4 unspecified atom stereocenters. The Morgan fingerprint density at radius 1 is 1.21 bits per heavy atom. The van der Waals surface area contributed by atoms with E-state index in [1.54, 1.807) is 6.08 Å². The molecule has 7 atom stereocenters. The quantitative estimate of drug-likeness (QED) is 0.383. The van der Waals surface area contributed by atoms with Crippen LogP contribution < -0.4 is 0 Å². The van der Waals surface area contributed by atoms with Gasteiger partial charge in [0.1, 0.15) is 5.60 Å². The standard InChI is InChI=1S/C24H34BrNO2/c1-22-13-11-21(27)26(3)20(22)8-7-17-18(22)9-14-23(2)19(17)10-15-24(23,28)12-5-4-6-16-25/h11,13,17-20,28H,4,6-10,14-16H2,1-3H3/t17?,18?,19?,20?,22-,23+,24+/m1/s1. The van der Waals surface area contributed by atoms with Crippen molar-refractivity contribution in [1.29, 1.82) is 0 Å². The predicted octanol–water partition coefficient (Wildman–Crippen LogP) is 4.54. The summed E-state index contributed by atoms with van der Waals surface area (Å²) in [7, 11) is 1.97. The number of hydrogen-bond donors (Lipinski definition) is 1. The maximum atomic E-state index is 12.2. The Hall–Kier alpha value is -0.790. The third kappa shape index (κ3) is 2.83. The van der Waals surface area contributed by atoms with E-state index in [-0.39, 0.29) is 16.7 Å². The van der Waals surface area contributed by atoms with Crippen molar-refractivity contribution in [1.82, 2.24) is 4.90 Å². The molecule has 3 nitrogen and oxygen atoms in total. The molecular formula is C24H34BrNO2. The number of rotatable bonds is 2. The number of halogens is 1. The summed E-state index contributed by atoms with van der Waals surface area (Å²) >= 11 is 3.46. The predicted molar refractivity (Wildman–Crippen MR) is 116 cm³/mol. The molecule has 4 aliphatic rings. The Morgan fingerprint density at radius 2 is 1.96 bits per heavy atom. The van der Waals surface area contributed by atoms with E-state index in [4.69, 9.17) is 0 Å². The smallest absolute Gasteiger partial charge is 0.246 e. The number of unbranched alkanes of at least 4 members (excludes halogenated alkanes) is 1. The average molecular weight is 448 g/mol. The summed E-state index contributed by atoms with van der Waals surface area (Å²) in [6.07, 6.45) is 12.2. The van der Waals surface area contributed by atoms with Crippen LogP contribution in [0.15, 0.2) is 12.2 Å². The number of carbonyl (C=O) groups is 1. The van der Waals surface area contributed by atoms with E-state index in [0.29, 0.717) is 23.8 Å². The number of nitrogens with zero attached hydrogens (tertiary/aromatic N) is 1. The second-order valence-electron chi connectivity index (χ2n) is 10.1. The number of alkyl halides is 1. The first-order valence-electron chi connectivity index (χ1n) is 11.0. The van der Waals surface area contributed by atoms with E-state index in [0.717, 1.165) is 50.3 Å². The summed E-state index contributed by atoms with van der Waals surface area (Å²) in [6, 6.07) is 0.319. The summed E-state index contributed by atoms with van der Waals surface area (Å²) < 4.78 is 0. The summed E-state index contributed by atoms with van der Waals surface area (Å²) in [5, 5.41) is 12.5. The summed E-state index contributed by atoms with van der Waals surface area (Å²) in [5.74, 6) is 8.51. The second-order valence-corrected chi connectivity index (χ2v) is 10.9. The van der Waals surface area contributed by atoms with Gasteiger partial charge in [0.2, 0.25) is 5.91 Å². The molecule has 1 heterocycles. The van der Waals surface area contributed by atoms with Crippen LogP contribution in [0.25, 0.3) is 0 Å². The molecule has 1 amide bonds. The minimum atomic E-state index is -0.831. The topological polar surface area (TPSA) is 40.5 Å². The monoisotopic (exact) mass is 447 g/mol. The van der Waals surface area contributed by atoms with Crippen LogP contribution in [-0.2, 0) is 4.79 Å². The van der Waals surface area contributed by atoms with Gasteiger partial charge in [-0.3, -0.25) is 4.79 Å². The molecule has 0 aromatic rings. The summed E-state index contributed by atoms with van der Waals surface area (Å²) in [4.78, 5) is 14.2. The molecule has 0 aromatic carbocycles. The van der Waals surface area contributed by atoms with Crippen LogP contribution in [0.2, 0.25) is 0 Å². The molecule has 3 aliphatic carbocycles. The lowest BCUT2D eigenvalue weighted by Gasteiger charge is -2.60. The van der Waals surface area contributed by atoms with Crippen LogP contribution in [0.4, 0.5) is 0 Å². The zero-order valence-electron chi connectivity index (χ0n) is 17.5. The van der Waals surface area contributed by atoms with Gasteiger partial charge in [-0.1, -0.05) is 41.8 Å². The Balaban J connectivity index is 1.61. The van der Waals surface area contributed by atoms with Crippen LogP contribution in [0.5, 0.6) is 0 Å². The fourth-order valence-corrected chi connectivity index (χ4v) is 7.60. The van der Waals surface area contributed by atoms with Crippen molar-refractivity contribution in [3.8, 4) is 11.8 Å². The van der Waals surface area contributed by atoms with Crippen molar-refractivity contribution in [2.24, 2.45) is 28.6 Å². The van der Waals surface area contributed by atoms with Gasteiger partial charge in [0, 0.05) is 35.7 Å². The maximum Gasteiger partial charge on any atom is 0.246 e. The molecule has 28 heavy (non-hydrogen) atoms. The van der Waals surface area contributed by atoms with Crippen molar-refractivity contribution in [3.63, 3.8) is 0 Å². The molecule has 3 fully saturated rings. The normalized spacial score (nSPS) is 47.0. The number of likely N-dealkylation sites (N-methyl/N-ethyl adjacent to an activating group) is 1. The van der Waals surface area contributed by atoms with Crippen molar-refractivity contribution >= 4 is 21.8 Å². The lowest BCUT2D eigenvalue weighted by molar-refractivity contribution is -0.143. The van der Waals surface area contributed by atoms with Gasteiger partial charge >= 0.3 is 0 Å². The molecule has 1 N–H and O–H groups in total. The molecular weight excluding hydrogens is 414 g/mol. The molecule has 4 heteroatoms. The van der Waals surface area contributed by atoms with Crippen LogP contribution in [0, 0.1) is 40.4 Å². The van der Waals surface area contributed by atoms with Gasteiger partial charge in [0.05, 0.1) is 0 Å². The van der Waals surface area contributed by atoms with E-state index in [2.05, 4.69) is 47.7 Å². The molecule has 154 valence electrons. The molecule has 3 saturated carbocycles. The largest absolute Gasteiger partial charge is 0.377 e. The Bertz CT molecular complexity index is 739. The van der Waals surface area contributed by atoms with Gasteiger partial charge in [-0.15, -0.1) is 5.92 Å². The van der Waals surface area contributed by atoms with Gasteiger partial charge in [0.15, 0.2) is 0 Å². The molecule has 0 radical (unpaired) electrons. The van der Waals surface area contributed by atoms with Crippen LogP contribution in [0.3, 0.4) is 0 Å². The van der Waals surface area contributed by atoms with Crippen LogP contribution in [0.1, 0.15) is 65.2 Å². The van der Waals surface area contributed by atoms with Crippen molar-refractivity contribution in [2.45, 2.75) is 76.9 Å². The first-order valence-corrected chi connectivity index (χ1v) is 12.1. The third-order valence-electron chi connectivity index (χ3n) is 9.01. The van der Waals surface area contributed by atoms with Crippen molar-refractivity contribution < 1.29 is 9.90 Å². The van der Waals surface area contributed by atoms with E-state index in [1.807, 2.05) is 11.9 Å². The zero-order chi connectivity index (χ0) is 20.2. The molecule has 4 rings (SSSR count). The van der Waals surface area contributed by atoms with Gasteiger partial charge in [-0.05, 0) is 68.8 Å². The van der Waals surface area contributed by atoms with Crippen molar-refractivity contribution in [2.75, 3.05) is 12.4 Å². The highest BCUT2D eigenvalue weighted by atomic mass is 79.9. The van der Waals surface area contributed by atoms with Gasteiger partial charge in [-0.25, -0.2) is 0 Å². The molecule has 0 bridgehead atoms. The number of aliphatic hydroxyl groups is 1. The molecule has 1 aliphatic heterocycles.